The zero-order valence-electron chi connectivity index (χ0n) is 16.0. The van der Waals surface area contributed by atoms with Crippen LogP contribution in [-0.2, 0) is 0 Å². The predicted octanol–water partition coefficient (Wildman–Crippen LogP) is 8.28. The van der Waals surface area contributed by atoms with Gasteiger partial charge in [0.15, 0.2) is 0 Å². The van der Waals surface area contributed by atoms with Gasteiger partial charge in [-0.25, -0.2) is 4.99 Å². The summed E-state index contributed by atoms with van der Waals surface area (Å²) in [4.78, 5) is 8.13. The van der Waals surface area contributed by atoms with E-state index in [1.165, 1.54) is 4.90 Å². The fourth-order valence-electron chi connectivity index (χ4n) is 2.52. The molecule has 5 heteroatoms. The summed E-state index contributed by atoms with van der Waals surface area (Å²) in [6.45, 7) is 0. The van der Waals surface area contributed by atoms with Gasteiger partial charge in [-0.1, -0.05) is 78.1 Å². The lowest BCUT2D eigenvalue weighted by Gasteiger charge is -2.12. The van der Waals surface area contributed by atoms with Crippen LogP contribution in [0.4, 0.5) is 5.69 Å². The van der Waals surface area contributed by atoms with Crippen LogP contribution in [0.5, 0.6) is 5.75 Å². The number of ether oxygens (including phenoxy) is 1. The highest BCUT2D eigenvalue weighted by molar-refractivity contribution is 8.07. The molecule has 4 aromatic rings. The Kier molecular flexibility index (Phi) is 7.45. The number of aliphatic imine (C=N–C) groups is 1. The first kappa shape index (κ1) is 20.5. The Bertz CT molecular complexity index is 1090. The van der Waals surface area contributed by atoms with E-state index in [2.05, 4.69) is 34.4 Å². The number of hydrogen-bond donors (Lipinski definition) is 0. The zero-order valence-corrected chi connectivity index (χ0v) is 18.5. The fraction of sp³-hybridized carbons (Fsp3) is 0. The average Bonchev–Trinajstić information content (AvgIpc) is 3.32. The molecular formula is C25H19NOS3. The van der Waals surface area contributed by atoms with E-state index in [0.717, 1.165) is 21.2 Å². The maximum atomic E-state index is 6.27. The summed E-state index contributed by atoms with van der Waals surface area (Å²) in [6, 6.07) is 32.1. The molecule has 1 heterocycles. The van der Waals surface area contributed by atoms with Gasteiger partial charge in [-0.2, -0.15) is 11.3 Å². The maximum absolute atomic E-state index is 6.27. The topological polar surface area (TPSA) is 21.6 Å². The highest BCUT2D eigenvalue weighted by Crippen LogP contribution is 2.34. The van der Waals surface area contributed by atoms with Gasteiger partial charge in [0.05, 0.1) is 10.6 Å². The van der Waals surface area contributed by atoms with E-state index < -0.39 is 0 Å². The number of thiophene rings is 1. The fourth-order valence-corrected chi connectivity index (χ4v) is 5.05. The SMILES string of the molecule is C(/Sc1ccccc1)=C(/Sc1ccsc1)C(=Nc1ccccc1)Oc1ccccc1. The Morgan fingerprint density at radius 2 is 1.43 bits per heavy atom. The molecule has 0 bridgehead atoms. The molecule has 3 aromatic carbocycles. The number of rotatable bonds is 7. The molecular weight excluding hydrogens is 426 g/mol. The van der Waals surface area contributed by atoms with Crippen molar-refractivity contribution >= 4 is 46.4 Å². The lowest BCUT2D eigenvalue weighted by Crippen LogP contribution is -2.10. The molecule has 30 heavy (non-hydrogen) atoms. The van der Waals surface area contributed by atoms with E-state index >= 15 is 0 Å². The molecule has 0 unspecified atom stereocenters. The Hall–Kier alpha value is -2.73. The minimum atomic E-state index is 0.576. The minimum absolute atomic E-state index is 0.576. The van der Waals surface area contributed by atoms with Gasteiger partial charge in [-0.15, -0.1) is 0 Å². The monoisotopic (exact) mass is 445 g/mol. The maximum Gasteiger partial charge on any atom is 0.234 e. The summed E-state index contributed by atoms with van der Waals surface area (Å²) in [6.07, 6.45) is 0. The molecule has 1 aromatic heterocycles. The molecule has 0 aliphatic rings. The van der Waals surface area contributed by atoms with Gasteiger partial charge in [0.25, 0.3) is 0 Å². The van der Waals surface area contributed by atoms with Crippen molar-refractivity contribution in [1.29, 1.82) is 0 Å². The van der Waals surface area contributed by atoms with Crippen LogP contribution in [0.15, 0.2) is 133 Å². The molecule has 0 saturated carbocycles. The summed E-state index contributed by atoms with van der Waals surface area (Å²) >= 11 is 5.00. The second kappa shape index (κ2) is 10.9. The highest BCUT2D eigenvalue weighted by atomic mass is 32.2. The second-order valence-electron chi connectivity index (χ2n) is 6.14. The van der Waals surface area contributed by atoms with E-state index in [4.69, 9.17) is 9.73 Å². The largest absolute Gasteiger partial charge is 0.438 e. The predicted molar refractivity (Wildman–Crippen MR) is 131 cm³/mol. The molecule has 0 atom stereocenters. The summed E-state index contributed by atoms with van der Waals surface area (Å²) in [7, 11) is 0. The average molecular weight is 446 g/mol. The Balaban J connectivity index is 1.71. The van der Waals surface area contributed by atoms with Crippen molar-refractivity contribution in [3.8, 4) is 5.75 Å². The second-order valence-corrected chi connectivity index (χ2v) is 8.98. The van der Waals surface area contributed by atoms with E-state index in [1.54, 1.807) is 34.9 Å². The number of nitrogens with zero attached hydrogens (tertiary/aromatic N) is 1. The normalized spacial score (nSPS) is 12.0. The van der Waals surface area contributed by atoms with Crippen LogP contribution in [0.25, 0.3) is 0 Å². The van der Waals surface area contributed by atoms with Crippen LogP contribution in [0.1, 0.15) is 0 Å². The molecule has 0 aliphatic heterocycles. The molecule has 0 N–H and O–H groups in total. The van der Waals surface area contributed by atoms with Crippen LogP contribution in [0.2, 0.25) is 0 Å². The highest BCUT2D eigenvalue weighted by Gasteiger charge is 2.14. The van der Waals surface area contributed by atoms with E-state index in [-0.39, 0.29) is 0 Å². The molecule has 0 fully saturated rings. The summed E-state index contributed by atoms with van der Waals surface area (Å²) < 4.78 is 6.27. The molecule has 148 valence electrons. The summed E-state index contributed by atoms with van der Waals surface area (Å²) in [5, 5.41) is 6.33. The summed E-state index contributed by atoms with van der Waals surface area (Å²) in [5.41, 5.74) is 0.852. The van der Waals surface area contributed by atoms with Crippen LogP contribution in [0, 0.1) is 0 Å². The van der Waals surface area contributed by atoms with Gasteiger partial charge >= 0.3 is 0 Å². The molecule has 4 rings (SSSR count). The Morgan fingerprint density at radius 1 is 0.767 bits per heavy atom. The molecule has 0 radical (unpaired) electrons. The van der Waals surface area contributed by atoms with Crippen molar-refractivity contribution in [3.05, 3.63) is 118 Å². The first-order valence-electron chi connectivity index (χ1n) is 9.36. The van der Waals surface area contributed by atoms with Crippen molar-refractivity contribution in [2.24, 2.45) is 4.99 Å². The van der Waals surface area contributed by atoms with Crippen LogP contribution >= 0.6 is 34.9 Å². The van der Waals surface area contributed by atoms with Crippen molar-refractivity contribution < 1.29 is 4.74 Å². The molecule has 0 amide bonds. The molecule has 2 nitrogen and oxygen atoms in total. The van der Waals surface area contributed by atoms with E-state index in [9.17, 15) is 0 Å². The van der Waals surface area contributed by atoms with Crippen molar-refractivity contribution in [3.63, 3.8) is 0 Å². The minimum Gasteiger partial charge on any atom is -0.438 e. The van der Waals surface area contributed by atoms with E-state index in [1.807, 2.05) is 78.9 Å². The quantitative estimate of drug-likeness (QED) is 0.162. The first-order valence-corrected chi connectivity index (χ1v) is 12.0. The first-order chi connectivity index (χ1) is 14.9. The number of hydrogen-bond acceptors (Lipinski definition) is 5. The number of para-hydroxylation sites is 2. The number of thioether (sulfide) groups is 2. The lowest BCUT2D eigenvalue weighted by atomic mass is 10.3. The Labute approximate surface area is 189 Å². The Morgan fingerprint density at radius 3 is 2.10 bits per heavy atom. The van der Waals surface area contributed by atoms with Crippen LogP contribution in [-0.4, -0.2) is 5.90 Å². The third-order valence-corrected chi connectivity index (χ3v) is 6.81. The van der Waals surface area contributed by atoms with E-state index in [0.29, 0.717) is 5.90 Å². The van der Waals surface area contributed by atoms with Gasteiger partial charge < -0.3 is 4.74 Å². The van der Waals surface area contributed by atoms with Crippen LogP contribution < -0.4 is 4.74 Å². The molecule has 0 spiro atoms. The van der Waals surface area contributed by atoms with Crippen molar-refractivity contribution in [1.82, 2.24) is 0 Å². The van der Waals surface area contributed by atoms with Gasteiger partial charge in [0.1, 0.15) is 5.75 Å². The van der Waals surface area contributed by atoms with Gasteiger partial charge in [-0.3, -0.25) is 0 Å². The molecule has 0 saturated heterocycles. The summed E-state index contributed by atoms with van der Waals surface area (Å²) in [5.74, 6) is 1.33. The van der Waals surface area contributed by atoms with Gasteiger partial charge in [-0.05, 0) is 53.3 Å². The van der Waals surface area contributed by atoms with Gasteiger partial charge in [0.2, 0.25) is 5.90 Å². The lowest BCUT2D eigenvalue weighted by molar-refractivity contribution is 0.554. The van der Waals surface area contributed by atoms with Gasteiger partial charge in [0, 0.05) is 15.2 Å². The zero-order chi connectivity index (χ0) is 20.4. The van der Waals surface area contributed by atoms with Crippen molar-refractivity contribution in [2.45, 2.75) is 9.79 Å². The molecule has 0 aliphatic carbocycles. The van der Waals surface area contributed by atoms with Crippen molar-refractivity contribution in [2.75, 3.05) is 0 Å². The number of benzene rings is 3. The van der Waals surface area contributed by atoms with Crippen LogP contribution in [0.3, 0.4) is 0 Å². The smallest absolute Gasteiger partial charge is 0.234 e. The standard InChI is InChI=1S/C25H19NOS3/c1-4-10-20(11-5-1)26-25(27-21-12-6-2-7-13-21)24(30-23-16-17-28-18-23)19-29-22-14-8-3-9-15-22/h1-19H/b24-19-,26-25?. The third-order valence-electron chi connectivity index (χ3n) is 3.92. The third kappa shape index (κ3) is 6.13.